The molecule has 1 aliphatic rings. The fourth-order valence-electron chi connectivity index (χ4n) is 2.46. The molecular weight excluding hydrogens is 306 g/mol. The van der Waals surface area contributed by atoms with E-state index in [1.54, 1.807) is 12.1 Å². The molecule has 0 bridgehead atoms. The van der Waals surface area contributed by atoms with E-state index in [4.69, 9.17) is 0 Å². The van der Waals surface area contributed by atoms with Gasteiger partial charge in [-0.2, -0.15) is 0 Å². The number of hydrogen-bond acceptors (Lipinski definition) is 4. The number of amides is 2. The number of aryl methyl sites for hydroxylation is 1. The quantitative estimate of drug-likeness (QED) is 0.783. The highest BCUT2D eigenvalue weighted by Gasteiger charge is 2.36. The number of piperazine rings is 1. The number of nitrogens with one attached hydrogen (secondary N) is 2. The first-order valence-electron chi connectivity index (χ1n) is 6.89. The van der Waals surface area contributed by atoms with Crippen LogP contribution in [-0.4, -0.2) is 51.0 Å². The monoisotopic (exact) mass is 325 g/mol. The van der Waals surface area contributed by atoms with Crippen LogP contribution in [0.4, 0.5) is 0 Å². The predicted molar refractivity (Wildman–Crippen MR) is 81.5 cm³/mol. The van der Waals surface area contributed by atoms with Crippen LogP contribution in [0.15, 0.2) is 24.3 Å². The van der Waals surface area contributed by atoms with E-state index in [-0.39, 0.29) is 12.5 Å². The number of carbonyl (C=O) groups is 2. The average Bonchev–Trinajstić information content (AvgIpc) is 2.47. The maximum Gasteiger partial charge on any atom is 0.247 e. The predicted octanol–water partition coefficient (Wildman–Crippen LogP) is -0.456. The first kappa shape index (κ1) is 16.4. The van der Waals surface area contributed by atoms with E-state index in [0.29, 0.717) is 12.1 Å². The van der Waals surface area contributed by atoms with Crippen molar-refractivity contribution in [1.82, 2.24) is 14.9 Å². The summed E-state index contributed by atoms with van der Waals surface area (Å²) in [6.07, 6.45) is 0. The molecule has 8 heteroatoms. The lowest BCUT2D eigenvalue weighted by Gasteiger charge is -2.35. The van der Waals surface area contributed by atoms with Crippen LogP contribution in [0.5, 0.6) is 0 Å². The second-order valence-electron chi connectivity index (χ2n) is 5.10. The van der Waals surface area contributed by atoms with Crippen molar-refractivity contribution in [3.05, 3.63) is 35.4 Å². The van der Waals surface area contributed by atoms with Crippen molar-refractivity contribution in [1.29, 1.82) is 0 Å². The third-order valence-corrected chi connectivity index (χ3v) is 4.89. The van der Waals surface area contributed by atoms with Gasteiger partial charge in [-0.05, 0) is 25.1 Å². The first-order valence-corrected chi connectivity index (χ1v) is 8.55. The number of carbonyl (C=O) groups excluding carboxylic acids is 2. The van der Waals surface area contributed by atoms with Crippen LogP contribution >= 0.6 is 0 Å². The summed E-state index contributed by atoms with van der Waals surface area (Å²) in [6, 6.07) is 6.46. The summed E-state index contributed by atoms with van der Waals surface area (Å²) in [4.78, 5) is 25.9. The Balaban J connectivity index is 2.34. The lowest BCUT2D eigenvalue weighted by Crippen LogP contribution is -2.54. The minimum absolute atomic E-state index is 0.281. The van der Waals surface area contributed by atoms with Gasteiger partial charge in [0.1, 0.15) is 11.8 Å². The van der Waals surface area contributed by atoms with Crippen LogP contribution in [0.1, 0.15) is 17.2 Å². The zero-order chi connectivity index (χ0) is 16.3. The number of rotatable bonds is 4. The first-order chi connectivity index (χ1) is 10.4. The second kappa shape index (κ2) is 6.45. The van der Waals surface area contributed by atoms with Gasteiger partial charge in [-0.15, -0.1) is 0 Å². The van der Waals surface area contributed by atoms with E-state index < -0.39 is 27.7 Å². The summed E-state index contributed by atoms with van der Waals surface area (Å²) >= 11 is 0. The largest absolute Gasteiger partial charge is 0.352 e. The maximum absolute atomic E-state index is 12.3. The van der Waals surface area contributed by atoms with Crippen molar-refractivity contribution in [3.63, 3.8) is 0 Å². The van der Waals surface area contributed by atoms with Crippen LogP contribution in [-0.2, 0) is 19.6 Å². The fourth-order valence-corrected chi connectivity index (χ4v) is 3.09. The van der Waals surface area contributed by atoms with Gasteiger partial charge < -0.3 is 10.2 Å². The Morgan fingerprint density at radius 3 is 2.73 bits per heavy atom. The van der Waals surface area contributed by atoms with Gasteiger partial charge >= 0.3 is 0 Å². The highest BCUT2D eigenvalue weighted by Crippen LogP contribution is 2.26. The fraction of sp³-hybridized carbons (Fsp3) is 0.429. The Bertz CT molecular complexity index is 687. The van der Waals surface area contributed by atoms with Gasteiger partial charge in [-0.1, -0.05) is 24.3 Å². The third-order valence-electron chi connectivity index (χ3n) is 3.64. The lowest BCUT2D eigenvalue weighted by molar-refractivity contribution is -0.141. The highest BCUT2D eigenvalue weighted by atomic mass is 32.2. The molecule has 1 aliphatic heterocycles. The van der Waals surface area contributed by atoms with Gasteiger partial charge in [0.05, 0.1) is 0 Å². The summed E-state index contributed by atoms with van der Waals surface area (Å²) in [6.45, 7) is 2.44. The summed E-state index contributed by atoms with van der Waals surface area (Å²) in [5, 5.41) is 2.72. The Morgan fingerprint density at radius 1 is 1.41 bits per heavy atom. The molecule has 1 heterocycles. The Labute approximate surface area is 129 Å². The zero-order valence-electron chi connectivity index (χ0n) is 12.5. The minimum atomic E-state index is -3.67. The molecule has 1 saturated heterocycles. The van der Waals surface area contributed by atoms with E-state index >= 15 is 0 Å². The molecule has 0 aliphatic carbocycles. The molecule has 2 rings (SSSR count). The third kappa shape index (κ3) is 3.45. The van der Waals surface area contributed by atoms with Crippen molar-refractivity contribution in [2.45, 2.75) is 13.0 Å². The van der Waals surface area contributed by atoms with Crippen molar-refractivity contribution >= 4 is 21.8 Å². The van der Waals surface area contributed by atoms with E-state index in [2.05, 4.69) is 10.0 Å². The van der Waals surface area contributed by atoms with E-state index in [9.17, 15) is 18.0 Å². The molecule has 0 aromatic heterocycles. The topological polar surface area (TPSA) is 95.6 Å². The molecule has 22 heavy (non-hydrogen) atoms. The summed E-state index contributed by atoms with van der Waals surface area (Å²) in [7, 11) is -2.42. The molecule has 2 N–H and O–H groups in total. The van der Waals surface area contributed by atoms with Crippen molar-refractivity contribution in [2.75, 3.05) is 25.9 Å². The van der Waals surface area contributed by atoms with Gasteiger partial charge in [0.2, 0.25) is 21.8 Å². The molecule has 7 nitrogen and oxygen atoms in total. The lowest BCUT2D eigenvalue weighted by atomic mass is 9.98. The van der Waals surface area contributed by atoms with Crippen LogP contribution in [0, 0.1) is 6.92 Å². The normalized spacial score (nSPS) is 18.9. The average molecular weight is 325 g/mol. The number of hydrogen-bond donors (Lipinski definition) is 2. The van der Waals surface area contributed by atoms with E-state index in [1.807, 2.05) is 19.1 Å². The van der Waals surface area contributed by atoms with Gasteiger partial charge in [0.25, 0.3) is 0 Å². The standard InChI is InChI=1S/C14H19N3O4S/c1-10-5-3-4-6-11(10)13-14(19)16-7-8-17(13)12(18)9-22(20,21)15-2/h3-6,13,15H,7-9H2,1-2H3,(H,16,19). The molecule has 1 unspecified atom stereocenters. The molecular formula is C14H19N3O4S. The van der Waals surface area contributed by atoms with Crippen molar-refractivity contribution in [2.24, 2.45) is 0 Å². The van der Waals surface area contributed by atoms with Crippen molar-refractivity contribution < 1.29 is 18.0 Å². The molecule has 1 atom stereocenters. The molecule has 0 spiro atoms. The van der Waals surface area contributed by atoms with Crippen molar-refractivity contribution in [3.8, 4) is 0 Å². The molecule has 1 aromatic rings. The van der Waals surface area contributed by atoms with E-state index in [0.717, 1.165) is 5.56 Å². The molecule has 1 fully saturated rings. The van der Waals surface area contributed by atoms with Gasteiger partial charge in [-0.3, -0.25) is 9.59 Å². The summed E-state index contributed by atoms with van der Waals surface area (Å²) in [5.74, 6) is -1.55. The van der Waals surface area contributed by atoms with Gasteiger partial charge in [-0.25, -0.2) is 13.1 Å². The Hall–Kier alpha value is -1.93. The van der Waals surface area contributed by atoms with Gasteiger partial charge in [0.15, 0.2) is 0 Å². The van der Waals surface area contributed by atoms with Crippen LogP contribution in [0.2, 0.25) is 0 Å². The summed E-state index contributed by atoms with van der Waals surface area (Å²) in [5.41, 5.74) is 1.58. The zero-order valence-corrected chi connectivity index (χ0v) is 13.3. The van der Waals surface area contributed by atoms with Crippen LogP contribution < -0.4 is 10.0 Å². The number of benzene rings is 1. The second-order valence-corrected chi connectivity index (χ2v) is 7.03. The molecule has 120 valence electrons. The number of sulfonamides is 1. The molecule has 0 saturated carbocycles. The SMILES string of the molecule is CNS(=O)(=O)CC(=O)N1CCNC(=O)C1c1ccccc1C. The Morgan fingerprint density at radius 2 is 2.09 bits per heavy atom. The van der Waals surface area contributed by atoms with E-state index in [1.165, 1.54) is 11.9 Å². The highest BCUT2D eigenvalue weighted by molar-refractivity contribution is 7.90. The maximum atomic E-state index is 12.3. The number of nitrogens with zero attached hydrogens (tertiary/aromatic N) is 1. The summed E-state index contributed by atoms with van der Waals surface area (Å²) < 4.78 is 25.3. The Kier molecular flexibility index (Phi) is 4.82. The smallest absolute Gasteiger partial charge is 0.247 e. The van der Waals surface area contributed by atoms with Crippen LogP contribution in [0.3, 0.4) is 0 Å². The minimum Gasteiger partial charge on any atom is -0.352 e. The van der Waals surface area contributed by atoms with Gasteiger partial charge in [0, 0.05) is 13.1 Å². The molecule has 2 amide bonds. The van der Waals surface area contributed by atoms with Crippen LogP contribution in [0.25, 0.3) is 0 Å². The molecule has 1 aromatic carbocycles. The molecule has 0 radical (unpaired) electrons.